The number of benzene rings is 1. The summed E-state index contributed by atoms with van der Waals surface area (Å²) in [5.41, 5.74) is 3.09. The van der Waals surface area contributed by atoms with Crippen LogP contribution in [0.5, 0.6) is 0 Å². The SMILES string of the molecule is Cc1cc(/C=C2\SC(=NCCO)N(C)C2=O)c(C)n1-c1ccccc1F. The van der Waals surface area contributed by atoms with Crippen molar-refractivity contribution in [1.82, 2.24) is 9.47 Å². The second-order valence-electron chi connectivity index (χ2n) is 5.98. The van der Waals surface area contributed by atoms with Crippen LogP contribution in [0.25, 0.3) is 11.8 Å². The Labute approximate surface area is 155 Å². The molecule has 0 saturated carbocycles. The van der Waals surface area contributed by atoms with E-state index in [1.54, 1.807) is 25.2 Å². The number of aliphatic hydroxyl groups excluding tert-OH is 1. The second-order valence-corrected chi connectivity index (χ2v) is 6.99. The zero-order valence-electron chi connectivity index (χ0n) is 14.9. The lowest BCUT2D eigenvalue weighted by Gasteiger charge is -2.10. The number of likely N-dealkylation sites (N-methyl/N-ethyl adjacent to an activating group) is 1. The molecular formula is C19H20FN3O2S. The van der Waals surface area contributed by atoms with Crippen molar-refractivity contribution in [3.63, 3.8) is 0 Å². The van der Waals surface area contributed by atoms with E-state index in [-0.39, 0.29) is 24.9 Å². The van der Waals surface area contributed by atoms with E-state index >= 15 is 0 Å². The number of amides is 1. The zero-order valence-corrected chi connectivity index (χ0v) is 15.7. The number of carbonyl (C=O) groups excluding carboxylic acids is 1. The topological polar surface area (TPSA) is 57.8 Å². The van der Waals surface area contributed by atoms with Crippen molar-refractivity contribution in [3.8, 4) is 5.69 Å². The van der Waals surface area contributed by atoms with Crippen molar-refractivity contribution in [2.45, 2.75) is 13.8 Å². The number of nitrogens with zero attached hydrogens (tertiary/aromatic N) is 3. The van der Waals surface area contributed by atoms with Gasteiger partial charge in [-0.15, -0.1) is 0 Å². The van der Waals surface area contributed by atoms with Crippen LogP contribution in [0.2, 0.25) is 0 Å². The molecule has 1 N–H and O–H groups in total. The van der Waals surface area contributed by atoms with Crippen molar-refractivity contribution >= 4 is 28.9 Å². The predicted molar refractivity (Wildman–Crippen MR) is 103 cm³/mol. The molecule has 0 spiro atoms. The number of aliphatic hydroxyl groups is 1. The van der Waals surface area contributed by atoms with Crippen LogP contribution in [0.15, 0.2) is 40.2 Å². The zero-order chi connectivity index (χ0) is 18.8. The Morgan fingerprint density at radius 1 is 1.31 bits per heavy atom. The molecule has 136 valence electrons. The van der Waals surface area contributed by atoms with E-state index < -0.39 is 0 Å². The van der Waals surface area contributed by atoms with Gasteiger partial charge in [-0.05, 0) is 55.4 Å². The van der Waals surface area contributed by atoms with Crippen molar-refractivity contribution in [2.24, 2.45) is 4.99 Å². The molecule has 0 unspecified atom stereocenters. The molecule has 1 aliphatic rings. The molecule has 1 aliphatic heterocycles. The van der Waals surface area contributed by atoms with Crippen LogP contribution in [-0.2, 0) is 4.79 Å². The maximum Gasteiger partial charge on any atom is 0.266 e. The van der Waals surface area contributed by atoms with E-state index in [0.29, 0.717) is 15.8 Å². The first kappa shape index (κ1) is 18.4. The number of aryl methyl sites for hydroxylation is 1. The van der Waals surface area contributed by atoms with E-state index in [2.05, 4.69) is 4.99 Å². The van der Waals surface area contributed by atoms with Gasteiger partial charge in [-0.2, -0.15) is 0 Å². The van der Waals surface area contributed by atoms with Crippen molar-refractivity contribution in [1.29, 1.82) is 0 Å². The molecule has 1 saturated heterocycles. The van der Waals surface area contributed by atoms with Crippen LogP contribution in [-0.4, -0.2) is 45.8 Å². The largest absolute Gasteiger partial charge is 0.394 e. The fourth-order valence-corrected chi connectivity index (χ4v) is 3.90. The Morgan fingerprint density at radius 3 is 2.73 bits per heavy atom. The molecular weight excluding hydrogens is 353 g/mol. The first-order valence-electron chi connectivity index (χ1n) is 8.20. The summed E-state index contributed by atoms with van der Waals surface area (Å²) in [6, 6.07) is 8.56. The van der Waals surface area contributed by atoms with Crippen LogP contribution in [0.1, 0.15) is 17.0 Å². The Bertz CT molecular complexity index is 918. The molecule has 2 aromatic rings. The average molecular weight is 373 g/mol. The number of para-hydroxylation sites is 1. The summed E-state index contributed by atoms with van der Waals surface area (Å²) < 4.78 is 16.0. The van der Waals surface area contributed by atoms with Gasteiger partial charge in [0, 0.05) is 18.4 Å². The number of rotatable bonds is 4. The maximum absolute atomic E-state index is 14.2. The van der Waals surface area contributed by atoms with Gasteiger partial charge in [0.05, 0.1) is 23.7 Å². The van der Waals surface area contributed by atoms with Crippen molar-refractivity contribution < 1.29 is 14.3 Å². The molecule has 1 fully saturated rings. The second kappa shape index (κ2) is 7.47. The molecule has 0 radical (unpaired) electrons. The summed E-state index contributed by atoms with van der Waals surface area (Å²) >= 11 is 1.28. The van der Waals surface area contributed by atoms with Crippen LogP contribution in [0, 0.1) is 19.7 Å². The summed E-state index contributed by atoms with van der Waals surface area (Å²) in [5.74, 6) is -0.430. The summed E-state index contributed by atoms with van der Waals surface area (Å²) in [7, 11) is 1.66. The van der Waals surface area contributed by atoms with E-state index in [1.807, 2.05) is 30.6 Å². The number of hydrogen-bond donors (Lipinski definition) is 1. The first-order valence-corrected chi connectivity index (χ1v) is 9.02. The highest BCUT2D eigenvalue weighted by atomic mass is 32.2. The minimum atomic E-state index is -0.294. The van der Waals surface area contributed by atoms with Gasteiger partial charge in [0.15, 0.2) is 5.17 Å². The average Bonchev–Trinajstić information content (AvgIpc) is 3.04. The van der Waals surface area contributed by atoms with Crippen molar-refractivity contribution in [2.75, 3.05) is 20.2 Å². The van der Waals surface area contributed by atoms with Crippen LogP contribution in [0.4, 0.5) is 4.39 Å². The molecule has 7 heteroatoms. The number of hydrogen-bond acceptors (Lipinski definition) is 4. The Hall–Kier alpha value is -2.38. The molecule has 0 atom stereocenters. The molecule has 2 heterocycles. The van der Waals surface area contributed by atoms with Gasteiger partial charge in [0.25, 0.3) is 5.91 Å². The molecule has 1 amide bonds. The van der Waals surface area contributed by atoms with E-state index in [0.717, 1.165) is 17.0 Å². The smallest absolute Gasteiger partial charge is 0.266 e. The number of amidine groups is 1. The quantitative estimate of drug-likeness (QED) is 0.838. The number of halogens is 1. The van der Waals surface area contributed by atoms with Crippen LogP contribution in [0.3, 0.4) is 0 Å². The number of aliphatic imine (C=N–C) groups is 1. The third-order valence-electron chi connectivity index (χ3n) is 4.20. The molecule has 0 aliphatic carbocycles. The monoisotopic (exact) mass is 373 g/mol. The third kappa shape index (κ3) is 3.32. The fraction of sp³-hybridized carbons (Fsp3) is 0.263. The molecule has 26 heavy (non-hydrogen) atoms. The highest BCUT2D eigenvalue weighted by Gasteiger charge is 2.30. The van der Waals surface area contributed by atoms with Gasteiger partial charge in [-0.3, -0.25) is 14.7 Å². The standard InChI is InChI=1S/C19H20FN3O2S/c1-12-10-14(13(2)23(12)16-7-5-4-6-15(16)20)11-17-18(25)22(3)19(26-17)21-8-9-24/h4-7,10-11,24H,8-9H2,1-3H3/b17-11-,21-19?. The van der Waals surface area contributed by atoms with Gasteiger partial charge in [-0.1, -0.05) is 12.1 Å². The number of thioether (sulfide) groups is 1. The Morgan fingerprint density at radius 2 is 2.04 bits per heavy atom. The van der Waals surface area contributed by atoms with E-state index in [1.165, 1.54) is 22.7 Å². The lowest BCUT2D eigenvalue weighted by molar-refractivity contribution is -0.121. The van der Waals surface area contributed by atoms with Crippen LogP contribution >= 0.6 is 11.8 Å². The van der Waals surface area contributed by atoms with E-state index in [4.69, 9.17) is 5.11 Å². The minimum Gasteiger partial charge on any atom is -0.394 e. The number of carbonyl (C=O) groups is 1. The van der Waals surface area contributed by atoms with Crippen LogP contribution < -0.4 is 0 Å². The van der Waals surface area contributed by atoms with Gasteiger partial charge in [0.2, 0.25) is 0 Å². The predicted octanol–water partition coefficient (Wildman–Crippen LogP) is 3.13. The maximum atomic E-state index is 14.2. The normalized spacial score (nSPS) is 17.7. The molecule has 1 aromatic heterocycles. The Balaban J connectivity index is 1.99. The summed E-state index contributed by atoms with van der Waals surface area (Å²) in [4.78, 5) is 18.7. The third-order valence-corrected chi connectivity index (χ3v) is 5.30. The summed E-state index contributed by atoms with van der Waals surface area (Å²) in [6.07, 6.45) is 1.81. The molecule has 1 aromatic carbocycles. The van der Waals surface area contributed by atoms with E-state index in [9.17, 15) is 9.18 Å². The lowest BCUT2D eigenvalue weighted by Crippen LogP contribution is -2.24. The highest BCUT2D eigenvalue weighted by Crippen LogP contribution is 2.33. The molecule has 5 nitrogen and oxygen atoms in total. The molecule has 3 rings (SSSR count). The summed E-state index contributed by atoms with van der Waals surface area (Å²) in [5, 5.41) is 9.48. The van der Waals surface area contributed by atoms with Gasteiger partial charge in [0.1, 0.15) is 5.82 Å². The highest BCUT2D eigenvalue weighted by molar-refractivity contribution is 8.18. The van der Waals surface area contributed by atoms with Crippen molar-refractivity contribution in [3.05, 3.63) is 58.0 Å². The minimum absolute atomic E-state index is 0.0606. The fourth-order valence-electron chi connectivity index (χ4n) is 2.92. The summed E-state index contributed by atoms with van der Waals surface area (Å²) in [6.45, 7) is 4.01. The molecule has 0 bridgehead atoms. The Kier molecular flexibility index (Phi) is 5.29. The van der Waals surface area contributed by atoms with Gasteiger partial charge < -0.3 is 9.67 Å². The lowest BCUT2D eigenvalue weighted by atomic mass is 10.2. The van der Waals surface area contributed by atoms with Gasteiger partial charge >= 0.3 is 0 Å². The number of aromatic nitrogens is 1. The first-order chi connectivity index (χ1) is 12.4. The van der Waals surface area contributed by atoms with Gasteiger partial charge in [-0.25, -0.2) is 4.39 Å².